The summed E-state index contributed by atoms with van der Waals surface area (Å²) >= 11 is 6.09. The van der Waals surface area contributed by atoms with E-state index in [2.05, 4.69) is 0 Å². The topological polar surface area (TPSA) is 69.8 Å². The molecule has 100 valence electrons. The van der Waals surface area contributed by atoms with Gasteiger partial charge in [-0.05, 0) is 26.2 Å². The average molecular weight is 272 g/mol. The van der Waals surface area contributed by atoms with Crippen LogP contribution in [-0.4, -0.2) is 50.2 Å². The van der Waals surface area contributed by atoms with Gasteiger partial charge in [0.2, 0.25) is 0 Å². The highest BCUT2D eigenvalue weighted by atomic mass is 35.5. The number of hydrogen-bond donors (Lipinski definition) is 2. The van der Waals surface area contributed by atoms with E-state index in [-0.39, 0.29) is 5.56 Å². The minimum absolute atomic E-state index is 0.126. The van der Waals surface area contributed by atoms with E-state index in [1.165, 1.54) is 6.07 Å². The second kappa shape index (κ2) is 5.93. The van der Waals surface area contributed by atoms with Gasteiger partial charge in [-0.15, -0.1) is 0 Å². The van der Waals surface area contributed by atoms with Crippen molar-refractivity contribution >= 4 is 28.9 Å². The highest BCUT2D eigenvalue weighted by Gasteiger charge is 2.18. The Morgan fingerprint density at radius 1 is 1.33 bits per heavy atom. The normalized spacial score (nSPS) is 10.7. The van der Waals surface area contributed by atoms with Gasteiger partial charge in [0.25, 0.3) is 0 Å². The van der Waals surface area contributed by atoms with Gasteiger partial charge in [0.05, 0.1) is 16.3 Å². The van der Waals surface area contributed by atoms with Crippen molar-refractivity contribution in [3.05, 3.63) is 22.7 Å². The second-order valence-electron chi connectivity index (χ2n) is 4.43. The number of benzene rings is 1. The van der Waals surface area contributed by atoms with Crippen molar-refractivity contribution in [3.63, 3.8) is 0 Å². The predicted molar refractivity (Wildman–Crippen MR) is 74.6 cm³/mol. The van der Waals surface area contributed by atoms with Crippen LogP contribution >= 0.6 is 11.6 Å². The van der Waals surface area contributed by atoms with Crippen molar-refractivity contribution in [1.29, 1.82) is 0 Å². The third-order valence-electron chi connectivity index (χ3n) is 2.58. The van der Waals surface area contributed by atoms with Gasteiger partial charge in [-0.2, -0.15) is 0 Å². The maximum Gasteiger partial charge on any atom is 0.337 e. The fourth-order valence-electron chi connectivity index (χ4n) is 1.63. The van der Waals surface area contributed by atoms with Gasteiger partial charge in [-0.3, -0.25) is 0 Å². The van der Waals surface area contributed by atoms with Crippen LogP contribution in [0.15, 0.2) is 12.1 Å². The number of likely N-dealkylation sites (N-methyl/N-ethyl adjacent to an activating group) is 2. The summed E-state index contributed by atoms with van der Waals surface area (Å²) in [5.74, 6) is -1.03. The van der Waals surface area contributed by atoms with Gasteiger partial charge < -0.3 is 20.6 Å². The lowest BCUT2D eigenvalue weighted by atomic mass is 10.1. The lowest BCUT2D eigenvalue weighted by Crippen LogP contribution is -2.29. The molecule has 0 aromatic heterocycles. The number of nitrogens with two attached hydrogens (primary N) is 1. The second-order valence-corrected chi connectivity index (χ2v) is 4.84. The Bertz CT molecular complexity index is 449. The Balaban J connectivity index is 3.09. The zero-order valence-corrected chi connectivity index (χ0v) is 11.5. The highest BCUT2D eigenvalue weighted by molar-refractivity contribution is 6.34. The van der Waals surface area contributed by atoms with Crippen LogP contribution in [0.25, 0.3) is 0 Å². The zero-order valence-electron chi connectivity index (χ0n) is 10.8. The first-order valence-corrected chi connectivity index (χ1v) is 5.89. The maximum absolute atomic E-state index is 11.2. The number of halogens is 1. The zero-order chi connectivity index (χ0) is 13.9. The van der Waals surface area contributed by atoms with Crippen LogP contribution in [0.1, 0.15) is 10.4 Å². The fraction of sp³-hybridized carbons (Fsp3) is 0.417. The predicted octanol–water partition coefficient (Wildman–Crippen LogP) is 1.62. The highest BCUT2D eigenvalue weighted by Crippen LogP contribution is 2.31. The van der Waals surface area contributed by atoms with Gasteiger partial charge in [0, 0.05) is 25.8 Å². The van der Waals surface area contributed by atoms with Gasteiger partial charge in [-0.25, -0.2) is 4.79 Å². The molecular formula is C12H18ClN3O2. The number of carboxylic acid groups (broad SMARTS) is 1. The summed E-state index contributed by atoms with van der Waals surface area (Å²) in [6, 6.07) is 2.99. The molecule has 0 bridgehead atoms. The van der Waals surface area contributed by atoms with Crippen LogP contribution in [0.5, 0.6) is 0 Å². The molecule has 1 aromatic carbocycles. The van der Waals surface area contributed by atoms with Crippen molar-refractivity contribution in [2.24, 2.45) is 0 Å². The summed E-state index contributed by atoms with van der Waals surface area (Å²) in [6.45, 7) is 1.48. The fourth-order valence-corrected chi connectivity index (χ4v) is 2.00. The number of anilines is 2. The monoisotopic (exact) mass is 271 g/mol. The third kappa shape index (κ3) is 3.51. The summed E-state index contributed by atoms with van der Waals surface area (Å²) < 4.78 is 0. The van der Waals surface area contributed by atoms with Crippen molar-refractivity contribution in [1.82, 2.24) is 4.90 Å². The molecule has 0 amide bonds. The Labute approximate surface area is 112 Å². The van der Waals surface area contributed by atoms with Crippen LogP contribution < -0.4 is 10.6 Å². The van der Waals surface area contributed by atoms with E-state index in [9.17, 15) is 9.90 Å². The Morgan fingerprint density at radius 3 is 2.44 bits per heavy atom. The molecule has 0 spiro atoms. The summed E-state index contributed by atoms with van der Waals surface area (Å²) in [5, 5.41) is 9.54. The lowest BCUT2D eigenvalue weighted by molar-refractivity contribution is 0.0697. The van der Waals surface area contributed by atoms with Crippen molar-refractivity contribution in [2.75, 3.05) is 44.9 Å². The Morgan fingerprint density at radius 2 is 1.94 bits per heavy atom. The quantitative estimate of drug-likeness (QED) is 0.797. The Kier molecular flexibility index (Phi) is 4.81. The smallest absolute Gasteiger partial charge is 0.337 e. The van der Waals surface area contributed by atoms with Crippen LogP contribution in [-0.2, 0) is 0 Å². The number of carbonyl (C=O) groups is 1. The first kappa shape index (κ1) is 14.6. The molecule has 0 heterocycles. The largest absolute Gasteiger partial charge is 0.478 e. The summed E-state index contributed by atoms with van der Waals surface area (Å²) in [5.41, 5.74) is 6.59. The molecular weight excluding hydrogens is 254 g/mol. The first-order valence-electron chi connectivity index (χ1n) is 5.51. The molecule has 0 fully saturated rings. The Hall–Kier alpha value is -1.46. The van der Waals surface area contributed by atoms with Crippen LogP contribution in [0.3, 0.4) is 0 Å². The van der Waals surface area contributed by atoms with E-state index in [0.717, 1.165) is 6.54 Å². The standard InChI is InChI=1S/C12H18ClN3O2/c1-15(2)4-5-16(3)11-9(12(17)18)6-8(14)7-10(11)13/h6-7H,4-5,14H2,1-3H3,(H,17,18). The molecule has 0 saturated heterocycles. The van der Waals surface area contributed by atoms with E-state index in [1.54, 1.807) is 6.07 Å². The molecule has 3 N–H and O–H groups in total. The van der Waals surface area contributed by atoms with E-state index in [0.29, 0.717) is 22.9 Å². The molecule has 0 aliphatic heterocycles. The van der Waals surface area contributed by atoms with Gasteiger partial charge in [-0.1, -0.05) is 11.6 Å². The van der Waals surface area contributed by atoms with Crippen LogP contribution in [0.2, 0.25) is 5.02 Å². The summed E-state index contributed by atoms with van der Waals surface area (Å²) in [7, 11) is 5.72. The third-order valence-corrected chi connectivity index (χ3v) is 2.87. The number of hydrogen-bond acceptors (Lipinski definition) is 4. The van der Waals surface area contributed by atoms with Gasteiger partial charge in [0.15, 0.2) is 0 Å². The average Bonchev–Trinajstić information content (AvgIpc) is 2.24. The first-order chi connectivity index (χ1) is 8.32. The molecule has 0 atom stereocenters. The van der Waals surface area contributed by atoms with Crippen LogP contribution in [0.4, 0.5) is 11.4 Å². The molecule has 0 aliphatic rings. The lowest BCUT2D eigenvalue weighted by Gasteiger charge is -2.24. The number of nitrogens with zero attached hydrogens (tertiary/aromatic N) is 2. The molecule has 0 radical (unpaired) electrons. The maximum atomic E-state index is 11.2. The van der Waals surface area contributed by atoms with Crippen LogP contribution in [0, 0.1) is 0 Å². The van der Waals surface area contributed by atoms with E-state index in [1.807, 2.05) is 30.9 Å². The minimum Gasteiger partial charge on any atom is -0.478 e. The molecule has 0 saturated carbocycles. The number of carboxylic acids is 1. The van der Waals surface area contributed by atoms with Crippen molar-refractivity contribution < 1.29 is 9.90 Å². The SMILES string of the molecule is CN(C)CCN(C)c1c(Cl)cc(N)cc1C(=O)O. The van der Waals surface area contributed by atoms with E-state index < -0.39 is 5.97 Å². The summed E-state index contributed by atoms with van der Waals surface area (Å²) in [6.07, 6.45) is 0. The minimum atomic E-state index is -1.03. The molecule has 5 nitrogen and oxygen atoms in total. The molecule has 6 heteroatoms. The summed E-state index contributed by atoms with van der Waals surface area (Å²) in [4.78, 5) is 15.1. The number of rotatable bonds is 5. The van der Waals surface area contributed by atoms with Gasteiger partial charge >= 0.3 is 5.97 Å². The molecule has 1 aromatic rings. The van der Waals surface area contributed by atoms with Crippen molar-refractivity contribution in [3.8, 4) is 0 Å². The number of nitrogen functional groups attached to an aromatic ring is 1. The van der Waals surface area contributed by atoms with E-state index >= 15 is 0 Å². The van der Waals surface area contributed by atoms with Gasteiger partial charge in [0.1, 0.15) is 0 Å². The number of aromatic carboxylic acids is 1. The molecule has 0 aliphatic carbocycles. The molecule has 18 heavy (non-hydrogen) atoms. The van der Waals surface area contributed by atoms with Crippen molar-refractivity contribution in [2.45, 2.75) is 0 Å². The molecule has 1 rings (SSSR count). The van der Waals surface area contributed by atoms with E-state index in [4.69, 9.17) is 17.3 Å². The molecule has 0 unspecified atom stereocenters.